The first-order chi connectivity index (χ1) is 12.6. The molecule has 0 saturated heterocycles. The van der Waals surface area contributed by atoms with Crippen molar-refractivity contribution in [3.8, 4) is 5.69 Å². The number of tetrazole rings is 1. The molecule has 26 heavy (non-hydrogen) atoms. The van der Waals surface area contributed by atoms with Crippen molar-refractivity contribution in [2.45, 2.75) is 12.1 Å². The molecule has 7 nitrogen and oxygen atoms in total. The Morgan fingerprint density at radius 1 is 1.27 bits per heavy atom. The van der Waals surface area contributed by atoms with Crippen molar-refractivity contribution in [1.82, 2.24) is 25.6 Å². The maximum absolute atomic E-state index is 12.0. The number of hydrogen-bond acceptors (Lipinski definition) is 6. The second kappa shape index (κ2) is 8.59. The number of benzene rings is 2. The number of aromatic nitrogens is 4. The molecule has 0 bridgehead atoms. The van der Waals surface area contributed by atoms with Crippen LogP contribution in [0.15, 0.2) is 58.8 Å². The molecule has 0 aliphatic rings. The van der Waals surface area contributed by atoms with Crippen molar-refractivity contribution >= 4 is 35.5 Å². The summed E-state index contributed by atoms with van der Waals surface area (Å²) in [6, 6.07) is 14.9. The second-order valence-electron chi connectivity index (χ2n) is 5.29. The maximum Gasteiger partial charge on any atom is 0.250 e. The molecule has 1 amide bonds. The zero-order valence-electron chi connectivity index (χ0n) is 13.8. The summed E-state index contributed by atoms with van der Waals surface area (Å²) in [4.78, 5) is 12.0. The Morgan fingerprint density at radius 2 is 2.04 bits per heavy atom. The molecule has 0 aliphatic carbocycles. The van der Waals surface area contributed by atoms with Gasteiger partial charge in [0.05, 0.1) is 17.7 Å². The molecule has 1 heterocycles. The van der Waals surface area contributed by atoms with E-state index in [1.54, 1.807) is 23.0 Å². The van der Waals surface area contributed by atoms with Crippen LogP contribution in [0.5, 0.6) is 0 Å². The summed E-state index contributed by atoms with van der Waals surface area (Å²) in [6.07, 6.45) is 1.55. The number of nitrogens with zero attached hydrogens (tertiary/aromatic N) is 5. The molecule has 9 heteroatoms. The van der Waals surface area contributed by atoms with E-state index in [9.17, 15) is 4.79 Å². The Balaban J connectivity index is 1.56. The van der Waals surface area contributed by atoms with E-state index in [0.29, 0.717) is 10.2 Å². The standard InChI is InChI=1S/C17H15ClN6OS/c1-12-4-2-3-5-15(12)24-17(21-22-23-24)26-11-16(25)20-19-10-13-6-8-14(18)9-7-13/h2-10H,11H2,1H3,(H,20,25). The van der Waals surface area contributed by atoms with Gasteiger partial charge in [-0.15, -0.1) is 5.10 Å². The lowest BCUT2D eigenvalue weighted by atomic mass is 10.2. The van der Waals surface area contributed by atoms with Crippen molar-refractivity contribution in [2.24, 2.45) is 5.10 Å². The Bertz CT molecular complexity index is 925. The number of carbonyl (C=O) groups is 1. The third kappa shape index (κ3) is 4.68. The van der Waals surface area contributed by atoms with E-state index >= 15 is 0 Å². The highest BCUT2D eigenvalue weighted by molar-refractivity contribution is 7.99. The zero-order valence-corrected chi connectivity index (χ0v) is 15.4. The van der Waals surface area contributed by atoms with Crippen molar-refractivity contribution in [3.63, 3.8) is 0 Å². The fraction of sp³-hybridized carbons (Fsp3) is 0.118. The van der Waals surface area contributed by atoms with Gasteiger partial charge in [0.1, 0.15) is 0 Å². The first kappa shape index (κ1) is 18.1. The predicted molar refractivity (Wildman–Crippen MR) is 102 cm³/mol. The van der Waals surface area contributed by atoms with Crippen molar-refractivity contribution in [1.29, 1.82) is 0 Å². The molecular formula is C17H15ClN6OS. The number of halogens is 1. The van der Waals surface area contributed by atoms with Crippen LogP contribution in [0.4, 0.5) is 0 Å². The topological polar surface area (TPSA) is 85.1 Å². The van der Waals surface area contributed by atoms with Crippen LogP contribution in [0.25, 0.3) is 5.69 Å². The van der Waals surface area contributed by atoms with Crippen LogP contribution in [-0.2, 0) is 4.79 Å². The van der Waals surface area contributed by atoms with Gasteiger partial charge in [-0.05, 0) is 46.7 Å². The molecule has 0 spiro atoms. The zero-order chi connectivity index (χ0) is 18.4. The van der Waals surface area contributed by atoms with E-state index < -0.39 is 0 Å². The highest BCUT2D eigenvalue weighted by Crippen LogP contribution is 2.20. The van der Waals surface area contributed by atoms with Gasteiger partial charge in [-0.2, -0.15) is 9.78 Å². The van der Waals surface area contributed by atoms with Crippen molar-refractivity contribution in [3.05, 3.63) is 64.7 Å². The number of para-hydroxylation sites is 1. The van der Waals surface area contributed by atoms with Gasteiger partial charge in [0.25, 0.3) is 5.91 Å². The van der Waals surface area contributed by atoms with Crippen LogP contribution in [0, 0.1) is 6.92 Å². The van der Waals surface area contributed by atoms with Crippen LogP contribution in [0.2, 0.25) is 5.02 Å². The smallest absolute Gasteiger partial charge is 0.250 e. The number of rotatable bonds is 6. The first-order valence-electron chi connectivity index (χ1n) is 7.68. The van der Waals surface area contributed by atoms with Gasteiger partial charge in [-0.1, -0.05) is 53.7 Å². The predicted octanol–water partition coefficient (Wildman–Crippen LogP) is 2.87. The number of aryl methyl sites for hydroxylation is 1. The van der Waals surface area contributed by atoms with E-state index in [2.05, 4.69) is 26.1 Å². The molecular weight excluding hydrogens is 372 g/mol. The van der Waals surface area contributed by atoms with E-state index in [0.717, 1.165) is 16.8 Å². The summed E-state index contributed by atoms with van der Waals surface area (Å²) >= 11 is 7.05. The number of amides is 1. The van der Waals surface area contributed by atoms with Crippen molar-refractivity contribution < 1.29 is 4.79 Å². The van der Waals surface area contributed by atoms with Crippen LogP contribution in [-0.4, -0.2) is 38.1 Å². The fourth-order valence-corrected chi connectivity index (χ4v) is 2.91. The molecule has 1 N–H and O–H groups in total. The van der Waals surface area contributed by atoms with E-state index in [-0.39, 0.29) is 11.7 Å². The molecule has 0 aliphatic heterocycles. The largest absolute Gasteiger partial charge is 0.272 e. The number of carbonyl (C=O) groups excluding carboxylic acids is 1. The minimum atomic E-state index is -0.250. The summed E-state index contributed by atoms with van der Waals surface area (Å²) in [6.45, 7) is 1.98. The normalized spacial score (nSPS) is 11.0. The summed E-state index contributed by atoms with van der Waals surface area (Å²) in [5, 5.41) is 16.8. The maximum atomic E-state index is 12.0. The minimum Gasteiger partial charge on any atom is -0.272 e. The average molecular weight is 387 g/mol. The SMILES string of the molecule is Cc1ccccc1-n1nnnc1SCC(=O)NN=Cc1ccc(Cl)cc1. The first-order valence-corrected chi connectivity index (χ1v) is 9.04. The van der Waals surface area contributed by atoms with E-state index in [1.165, 1.54) is 11.8 Å². The van der Waals surface area contributed by atoms with Gasteiger partial charge < -0.3 is 0 Å². The quantitative estimate of drug-likeness (QED) is 0.400. The molecule has 1 aromatic heterocycles. The number of thioether (sulfide) groups is 1. The molecule has 2 aromatic carbocycles. The second-order valence-corrected chi connectivity index (χ2v) is 6.67. The average Bonchev–Trinajstić information content (AvgIpc) is 3.10. The number of hydrazone groups is 1. The summed E-state index contributed by atoms with van der Waals surface area (Å²) < 4.78 is 1.62. The molecule has 3 aromatic rings. The molecule has 132 valence electrons. The summed E-state index contributed by atoms with van der Waals surface area (Å²) in [5.41, 5.74) is 5.23. The summed E-state index contributed by atoms with van der Waals surface area (Å²) in [7, 11) is 0. The number of hydrogen-bond donors (Lipinski definition) is 1. The van der Waals surface area contributed by atoms with Gasteiger partial charge in [0.2, 0.25) is 5.16 Å². The Hall–Kier alpha value is -2.71. The highest BCUT2D eigenvalue weighted by atomic mass is 35.5. The molecule has 0 atom stereocenters. The third-order valence-electron chi connectivity index (χ3n) is 3.39. The van der Waals surface area contributed by atoms with Gasteiger partial charge in [0.15, 0.2) is 0 Å². The van der Waals surface area contributed by atoms with Gasteiger partial charge in [-0.25, -0.2) is 5.43 Å². The molecule has 3 rings (SSSR count). The Morgan fingerprint density at radius 3 is 2.81 bits per heavy atom. The lowest BCUT2D eigenvalue weighted by Crippen LogP contribution is -2.20. The Kier molecular flexibility index (Phi) is 5.98. The molecule has 0 unspecified atom stereocenters. The lowest BCUT2D eigenvalue weighted by Gasteiger charge is -2.06. The highest BCUT2D eigenvalue weighted by Gasteiger charge is 2.12. The van der Waals surface area contributed by atoms with Gasteiger partial charge in [0, 0.05) is 5.02 Å². The summed E-state index contributed by atoms with van der Waals surface area (Å²) in [5.74, 6) is -0.107. The van der Waals surface area contributed by atoms with Crippen LogP contribution < -0.4 is 5.43 Å². The van der Waals surface area contributed by atoms with Crippen molar-refractivity contribution in [2.75, 3.05) is 5.75 Å². The van der Waals surface area contributed by atoms with Crippen LogP contribution in [0.1, 0.15) is 11.1 Å². The monoisotopic (exact) mass is 386 g/mol. The van der Waals surface area contributed by atoms with Crippen LogP contribution in [0.3, 0.4) is 0 Å². The molecule has 0 fully saturated rings. The van der Waals surface area contributed by atoms with E-state index in [1.807, 2.05) is 43.3 Å². The number of nitrogens with one attached hydrogen (secondary N) is 1. The van der Waals surface area contributed by atoms with E-state index in [4.69, 9.17) is 11.6 Å². The Labute approximate surface area is 159 Å². The van der Waals surface area contributed by atoms with Crippen LogP contribution >= 0.6 is 23.4 Å². The fourth-order valence-electron chi connectivity index (χ4n) is 2.11. The molecule has 0 radical (unpaired) electrons. The minimum absolute atomic E-state index is 0.143. The third-order valence-corrected chi connectivity index (χ3v) is 4.56. The van der Waals surface area contributed by atoms with Gasteiger partial charge in [-0.3, -0.25) is 4.79 Å². The van der Waals surface area contributed by atoms with Gasteiger partial charge >= 0.3 is 0 Å². The molecule has 0 saturated carbocycles. The lowest BCUT2D eigenvalue weighted by molar-refractivity contribution is -0.118.